The van der Waals surface area contributed by atoms with Gasteiger partial charge in [0.25, 0.3) is 0 Å². The quantitative estimate of drug-likeness (QED) is 0.862. The Bertz CT molecular complexity index is 697. The minimum absolute atomic E-state index is 0.0587. The van der Waals surface area contributed by atoms with Gasteiger partial charge in [-0.25, -0.2) is 9.67 Å². The zero-order chi connectivity index (χ0) is 16.9. The molecule has 0 N–H and O–H groups in total. The first-order chi connectivity index (χ1) is 11.4. The molecule has 4 rings (SSSR count). The molecule has 4 heterocycles. The lowest BCUT2D eigenvalue weighted by Gasteiger charge is -2.38. The first kappa shape index (κ1) is 15.7. The fourth-order valence-electron chi connectivity index (χ4n) is 4.15. The van der Waals surface area contributed by atoms with Crippen molar-refractivity contribution in [2.45, 2.75) is 76.5 Å². The molecule has 0 spiro atoms. The lowest BCUT2D eigenvalue weighted by Crippen LogP contribution is -2.43. The molecule has 0 aromatic carbocycles. The molecule has 2 aliphatic rings. The van der Waals surface area contributed by atoms with Crippen molar-refractivity contribution in [1.82, 2.24) is 34.7 Å². The highest BCUT2D eigenvalue weighted by Gasteiger charge is 2.42. The normalized spacial score (nSPS) is 27.8. The molecule has 2 aromatic heterocycles. The summed E-state index contributed by atoms with van der Waals surface area (Å²) in [7, 11) is 1.97. The topological polar surface area (TPSA) is 64.7 Å². The van der Waals surface area contributed by atoms with E-state index in [4.69, 9.17) is 0 Å². The molecule has 2 saturated heterocycles. The summed E-state index contributed by atoms with van der Waals surface area (Å²) in [6.07, 6.45) is 8.66. The number of hydrogen-bond donors (Lipinski definition) is 0. The molecule has 0 saturated carbocycles. The van der Waals surface area contributed by atoms with Crippen molar-refractivity contribution in [2.24, 2.45) is 7.05 Å². The van der Waals surface area contributed by atoms with Gasteiger partial charge in [0.05, 0.1) is 18.3 Å². The van der Waals surface area contributed by atoms with Crippen molar-refractivity contribution in [3.05, 3.63) is 24.0 Å². The van der Waals surface area contributed by atoms with Gasteiger partial charge in [0.15, 0.2) is 0 Å². The molecule has 2 fully saturated rings. The van der Waals surface area contributed by atoms with E-state index < -0.39 is 0 Å². The molecule has 0 amide bonds. The smallest absolute Gasteiger partial charge is 0.140 e. The summed E-state index contributed by atoms with van der Waals surface area (Å²) in [5.41, 5.74) is 1.14. The zero-order valence-electron chi connectivity index (χ0n) is 15.1. The number of rotatable bonds is 3. The van der Waals surface area contributed by atoms with Crippen LogP contribution in [0.5, 0.6) is 0 Å². The fourth-order valence-corrected chi connectivity index (χ4v) is 4.15. The van der Waals surface area contributed by atoms with Crippen molar-refractivity contribution in [3.8, 4) is 0 Å². The molecule has 0 aliphatic carbocycles. The van der Waals surface area contributed by atoms with Crippen LogP contribution in [0.2, 0.25) is 0 Å². The van der Waals surface area contributed by atoms with Crippen LogP contribution >= 0.6 is 0 Å². The zero-order valence-corrected chi connectivity index (χ0v) is 15.1. The molecule has 2 aliphatic heterocycles. The van der Waals surface area contributed by atoms with E-state index in [-0.39, 0.29) is 5.41 Å². The van der Waals surface area contributed by atoms with E-state index in [9.17, 15) is 0 Å². The van der Waals surface area contributed by atoms with E-state index in [1.54, 1.807) is 6.33 Å². The van der Waals surface area contributed by atoms with E-state index in [0.717, 1.165) is 30.9 Å². The van der Waals surface area contributed by atoms with Crippen LogP contribution in [-0.2, 0) is 19.0 Å². The minimum atomic E-state index is 0.0587. The molecule has 130 valence electrons. The van der Waals surface area contributed by atoms with Crippen LogP contribution in [0.25, 0.3) is 0 Å². The second-order valence-electron chi connectivity index (χ2n) is 8.32. The number of piperidine rings is 1. The SMILES string of the molecule is Cn1ncnc1CN1C2CCC1CC(n1cc(C(C)(C)C)nn1)C2. The highest BCUT2D eigenvalue weighted by Crippen LogP contribution is 2.41. The number of nitrogens with zero attached hydrogens (tertiary/aromatic N) is 7. The van der Waals surface area contributed by atoms with E-state index >= 15 is 0 Å². The lowest BCUT2D eigenvalue weighted by atomic mass is 9.93. The van der Waals surface area contributed by atoms with Gasteiger partial charge in [0, 0.05) is 30.7 Å². The van der Waals surface area contributed by atoms with Crippen molar-refractivity contribution < 1.29 is 0 Å². The number of aryl methyl sites for hydroxylation is 1. The van der Waals surface area contributed by atoms with Gasteiger partial charge in [0.1, 0.15) is 12.2 Å². The van der Waals surface area contributed by atoms with E-state index in [1.165, 1.54) is 12.8 Å². The van der Waals surface area contributed by atoms with Gasteiger partial charge < -0.3 is 0 Å². The second kappa shape index (κ2) is 5.65. The first-order valence-electron chi connectivity index (χ1n) is 8.93. The Labute approximate surface area is 143 Å². The van der Waals surface area contributed by atoms with Crippen LogP contribution in [0, 0.1) is 0 Å². The second-order valence-corrected chi connectivity index (χ2v) is 8.32. The maximum atomic E-state index is 4.44. The van der Waals surface area contributed by atoms with Crippen LogP contribution in [-0.4, -0.2) is 46.7 Å². The van der Waals surface area contributed by atoms with E-state index in [0.29, 0.717) is 18.1 Å². The third-order valence-corrected chi connectivity index (χ3v) is 5.64. The molecule has 7 nitrogen and oxygen atoms in total. The summed E-state index contributed by atoms with van der Waals surface area (Å²) in [6.45, 7) is 7.47. The summed E-state index contributed by atoms with van der Waals surface area (Å²) >= 11 is 0. The molecule has 2 bridgehead atoms. The Morgan fingerprint density at radius 1 is 1.12 bits per heavy atom. The van der Waals surface area contributed by atoms with Crippen LogP contribution in [0.3, 0.4) is 0 Å². The van der Waals surface area contributed by atoms with Crippen LogP contribution in [0.15, 0.2) is 12.5 Å². The molecule has 2 atom stereocenters. The Morgan fingerprint density at radius 3 is 2.38 bits per heavy atom. The van der Waals surface area contributed by atoms with Crippen molar-refractivity contribution in [2.75, 3.05) is 0 Å². The average molecular weight is 329 g/mol. The molecule has 2 aromatic rings. The Kier molecular flexibility index (Phi) is 3.71. The molecule has 2 unspecified atom stereocenters. The van der Waals surface area contributed by atoms with Crippen molar-refractivity contribution in [3.63, 3.8) is 0 Å². The fraction of sp³-hybridized carbons (Fsp3) is 0.765. The monoisotopic (exact) mass is 329 g/mol. The summed E-state index contributed by atoms with van der Waals surface area (Å²) in [4.78, 5) is 7.02. The van der Waals surface area contributed by atoms with Gasteiger partial charge in [0.2, 0.25) is 0 Å². The van der Waals surface area contributed by atoms with Gasteiger partial charge in [-0.05, 0) is 25.7 Å². The predicted molar refractivity (Wildman–Crippen MR) is 90.3 cm³/mol. The van der Waals surface area contributed by atoms with E-state index in [2.05, 4.69) is 56.9 Å². The van der Waals surface area contributed by atoms with Gasteiger partial charge in [-0.1, -0.05) is 26.0 Å². The summed E-state index contributed by atoms with van der Waals surface area (Å²) in [5, 5.41) is 13.0. The summed E-state index contributed by atoms with van der Waals surface area (Å²) in [6, 6.07) is 1.71. The van der Waals surface area contributed by atoms with Crippen LogP contribution < -0.4 is 0 Å². The highest BCUT2D eigenvalue weighted by molar-refractivity contribution is 5.08. The van der Waals surface area contributed by atoms with Gasteiger partial charge in [-0.2, -0.15) is 5.10 Å². The Balaban J connectivity index is 1.48. The van der Waals surface area contributed by atoms with Gasteiger partial charge in [-0.3, -0.25) is 9.58 Å². The summed E-state index contributed by atoms with van der Waals surface area (Å²) < 4.78 is 4.00. The third kappa shape index (κ3) is 2.75. The standard InChI is InChI=1S/C17H27N7/c1-17(2,3)15-9-24(21-20-15)14-7-12-5-6-13(8-14)23(12)10-16-18-11-19-22(16)4/h9,11-14H,5-8,10H2,1-4H3. The first-order valence-corrected chi connectivity index (χ1v) is 8.93. The summed E-state index contributed by atoms with van der Waals surface area (Å²) in [5.74, 6) is 1.06. The maximum absolute atomic E-state index is 4.44. The predicted octanol–water partition coefficient (Wildman–Crippen LogP) is 2.07. The van der Waals surface area contributed by atoms with E-state index in [1.807, 2.05) is 11.7 Å². The Morgan fingerprint density at radius 2 is 1.83 bits per heavy atom. The molecule has 7 heteroatoms. The number of hydrogen-bond acceptors (Lipinski definition) is 5. The molecular formula is C17H27N7. The largest absolute Gasteiger partial charge is 0.290 e. The van der Waals surface area contributed by atoms with Crippen molar-refractivity contribution in [1.29, 1.82) is 0 Å². The van der Waals surface area contributed by atoms with Gasteiger partial charge >= 0.3 is 0 Å². The highest BCUT2D eigenvalue weighted by atomic mass is 15.4. The van der Waals surface area contributed by atoms with Crippen LogP contribution in [0.4, 0.5) is 0 Å². The lowest BCUT2D eigenvalue weighted by molar-refractivity contribution is 0.0906. The Hall–Kier alpha value is -1.76. The number of aromatic nitrogens is 6. The molecule has 0 radical (unpaired) electrons. The third-order valence-electron chi connectivity index (χ3n) is 5.64. The average Bonchev–Trinajstić information content (AvgIpc) is 3.20. The minimum Gasteiger partial charge on any atom is -0.290 e. The molecule has 24 heavy (non-hydrogen) atoms. The van der Waals surface area contributed by atoms with Gasteiger partial charge in [-0.15, -0.1) is 5.10 Å². The number of fused-ring (bicyclic) bond motifs is 2. The molecular weight excluding hydrogens is 302 g/mol. The van der Waals surface area contributed by atoms with Crippen molar-refractivity contribution >= 4 is 0 Å². The maximum Gasteiger partial charge on any atom is 0.140 e. The van der Waals surface area contributed by atoms with Crippen LogP contribution in [0.1, 0.15) is 64.0 Å².